The number of hydrogen-bond donors (Lipinski definition) is 1. The molecule has 1 amide bonds. The van der Waals surface area contributed by atoms with Gasteiger partial charge in [0.25, 0.3) is 0 Å². The van der Waals surface area contributed by atoms with Crippen LogP contribution in [-0.2, 0) is 4.79 Å². The maximum Gasteiger partial charge on any atom is 0.232 e. The van der Waals surface area contributed by atoms with Crippen molar-refractivity contribution >= 4 is 17.7 Å². The standard InChI is InChI=1S/C13H26N2O2S/c1-12(2)3-10-18-11-13(17)15-6-4-14(5-7-15)8-9-16/h12,16H,3-11H2,1-2H3. The van der Waals surface area contributed by atoms with Crippen LogP contribution in [-0.4, -0.2) is 71.6 Å². The fourth-order valence-electron chi connectivity index (χ4n) is 1.93. The summed E-state index contributed by atoms with van der Waals surface area (Å²) in [6.45, 7) is 8.76. The molecule has 0 atom stereocenters. The Morgan fingerprint density at radius 2 is 1.94 bits per heavy atom. The Morgan fingerprint density at radius 3 is 2.50 bits per heavy atom. The highest BCUT2D eigenvalue weighted by Crippen LogP contribution is 2.10. The highest BCUT2D eigenvalue weighted by molar-refractivity contribution is 7.99. The number of aliphatic hydroxyl groups excluding tert-OH is 1. The van der Waals surface area contributed by atoms with Gasteiger partial charge in [0.15, 0.2) is 0 Å². The van der Waals surface area contributed by atoms with E-state index in [0.29, 0.717) is 5.75 Å². The van der Waals surface area contributed by atoms with Gasteiger partial charge in [-0.3, -0.25) is 9.69 Å². The lowest BCUT2D eigenvalue weighted by Gasteiger charge is -2.34. The average Bonchev–Trinajstić information content (AvgIpc) is 2.35. The van der Waals surface area contributed by atoms with Gasteiger partial charge < -0.3 is 10.0 Å². The molecule has 1 aliphatic heterocycles. The summed E-state index contributed by atoms with van der Waals surface area (Å²) >= 11 is 1.75. The molecule has 0 aromatic heterocycles. The van der Waals surface area contributed by atoms with Gasteiger partial charge in [-0.05, 0) is 18.1 Å². The van der Waals surface area contributed by atoms with Crippen LogP contribution in [0.1, 0.15) is 20.3 Å². The third-order valence-electron chi connectivity index (χ3n) is 3.21. The predicted octanol–water partition coefficient (Wildman–Crippen LogP) is 0.902. The fourth-order valence-corrected chi connectivity index (χ4v) is 3.07. The average molecular weight is 274 g/mol. The van der Waals surface area contributed by atoms with Crippen LogP contribution in [0.2, 0.25) is 0 Å². The van der Waals surface area contributed by atoms with Crippen molar-refractivity contribution < 1.29 is 9.90 Å². The molecule has 106 valence electrons. The molecule has 4 nitrogen and oxygen atoms in total. The third kappa shape index (κ3) is 6.07. The normalized spacial score (nSPS) is 17.4. The Hall–Kier alpha value is -0.260. The van der Waals surface area contributed by atoms with E-state index in [2.05, 4.69) is 18.7 Å². The quantitative estimate of drug-likeness (QED) is 0.701. The topological polar surface area (TPSA) is 43.8 Å². The number of amides is 1. The Bertz CT molecular complexity index is 241. The molecule has 5 heteroatoms. The van der Waals surface area contributed by atoms with Crippen LogP contribution in [0.4, 0.5) is 0 Å². The van der Waals surface area contributed by atoms with Gasteiger partial charge in [0.2, 0.25) is 5.91 Å². The Labute approximate surface area is 115 Å². The summed E-state index contributed by atoms with van der Waals surface area (Å²) in [6.07, 6.45) is 1.18. The molecular weight excluding hydrogens is 248 g/mol. The summed E-state index contributed by atoms with van der Waals surface area (Å²) in [5, 5.41) is 8.86. The van der Waals surface area contributed by atoms with Crippen molar-refractivity contribution in [3.8, 4) is 0 Å². The van der Waals surface area contributed by atoms with Crippen molar-refractivity contribution in [2.45, 2.75) is 20.3 Å². The second-order valence-electron chi connectivity index (χ2n) is 5.18. The van der Waals surface area contributed by atoms with Crippen LogP contribution in [0.3, 0.4) is 0 Å². The van der Waals surface area contributed by atoms with Crippen molar-refractivity contribution in [2.75, 3.05) is 50.8 Å². The molecule has 1 aliphatic rings. The molecule has 0 aromatic carbocycles. The van der Waals surface area contributed by atoms with Gasteiger partial charge in [-0.1, -0.05) is 13.8 Å². The number of aliphatic hydroxyl groups is 1. The molecule has 1 rings (SSSR count). The van der Waals surface area contributed by atoms with Crippen molar-refractivity contribution in [1.82, 2.24) is 9.80 Å². The van der Waals surface area contributed by atoms with Crippen LogP contribution in [0, 0.1) is 5.92 Å². The van der Waals surface area contributed by atoms with Gasteiger partial charge in [0.05, 0.1) is 12.4 Å². The predicted molar refractivity (Wildman–Crippen MR) is 76.9 cm³/mol. The summed E-state index contributed by atoms with van der Waals surface area (Å²) in [7, 11) is 0. The molecule has 0 saturated carbocycles. The van der Waals surface area contributed by atoms with E-state index in [1.165, 1.54) is 6.42 Å². The van der Waals surface area contributed by atoms with E-state index in [4.69, 9.17) is 5.11 Å². The molecule has 0 spiro atoms. The van der Waals surface area contributed by atoms with E-state index >= 15 is 0 Å². The zero-order valence-corrected chi connectivity index (χ0v) is 12.4. The molecule has 0 unspecified atom stereocenters. The Balaban J connectivity index is 2.12. The lowest BCUT2D eigenvalue weighted by molar-refractivity contribution is -0.130. The minimum atomic E-state index is 0.207. The van der Waals surface area contributed by atoms with Crippen LogP contribution in [0.5, 0.6) is 0 Å². The molecule has 0 bridgehead atoms. The van der Waals surface area contributed by atoms with Gasteiger partial charge in [-0.15, -0.1) is 0 Å². The lowest BCUT2D eigenvalue weighted by Crippen LogP contribution is -2.49. The van der Waals surface area contributed by atoms with E-state index < -0.39 is 0 Å². The molecule has 0 radical (unpaired) electrons. The molecule has 18 heavy (non-hydrogen) atoms. The number of thioether (sulfide) groups is 1. The monoisotopic (exact) mass is 274 g/mol. The van der Waals surface area contributed by atoms with E-state index in [0.717, 1.165) is 44.4 Å². The summed E-state index contributed by atoms with van der Waals surface area (Å²) in [5.74, 6) is 2.68. The lowest BCUT2D eigenvalue weighted by atomic mass is 10.2. The van der Waals surface area contributed by atoms with Crippen LogP contribution >= 0.6 is 11.8 Å². The summed E-state index contributed by atoms with van der Waals surface area (Å²) in [6, 6.07) is 0. The molecule has 1 fully saturated rings. The zero-order valence-electron chi connectivity index (χ0n) is 11.6. The summed E-state index contributed by atoms with van der Waals surface area (Å²) in [4.78, 5) is 16.1. The van der Waals surface area contributed by atoms with Crippen molar-refractivity contribution in [3.63, 3.8) is 0 Å². The number of carbonyl (C=O) groups is 1. The smallest absolute Gasteiger partial charge is 0.232 e. The zero-order chi connectivity index (χ0) is 13.4. The molecule has 0 aliphatic carbocycles. The van der Waals surface area contributed by atoms with E-state index in [1.807, 2.05) is 4.90 Å². The number of β-amino-alcohol motifs (C(OH)–C–C–N with tert-alkyl or cyclic N) is 1. The van der Waals surface area contributed by atoms with Crippen molar-refractivity contribution in [3.05, 3.63) is 0 Å². The van der Waals surface area contributed by atoms with Crippen LogP contribution in [0.15, 0.2) is 0 Å². The van der Waals surface area contributed by atoms with Gasteiger partial charge in [-0.25, -0.2) is 0 Å². The molecule has 1 heterocycles. The van der Waals surface area contributed by atoms with Crippen LogP contribution < -0.4 is 0 Å². The number of rotatable bonds is 7. The van der Waals surface area contributed by atoms with Crippen molar-refractivity contribution in [2.24, 2.45) is 5.92 Å². The maximum absolute atomic E-state index is 11.9. The van der Waals surface area contributed by atoms with Crippen molar-refractivity contribution in [1.29, 1.82) is 0 Å². The minimum absolute atomic E-state index is 0.207. The number of nitrogens with zero attached hydrogens (tertiary/aromatic N) is 2. The SMILES string of the molecule is CC(C)CCSCC(=O)N1CCN(CCO)CC1. The third-order valence-corrected chi connectivity index (χ3v) is 4.18. The molecule has 0 aromatic rings. The van der Waals surface area contributed by atoms with Gasteiger partial charge >= 0.3 is 0 Å². The number of hydrogen-bond acceptors (Lipinski definition) is 4. The summed E-state index contributed by atoms with van der Waals surface area (Å²) in [5.41, 5.74) is 0. The Morgan fingerprint density at radius 1 is 1.28 bits per heavy atom. The highest BCUT2D eigenvalue weighted by Gasteiger charge is 2.20. The molecule has 1 saturated heterocycles. The largest absolute Gasteiger partial charge is 0.395 e. The number of carbonyl (C=O) groups excluding carboxylic acids is 1. The van der Waals surface area contributed by atoms with E-state index in [9.17, 15) is 4.79 Å². The first-order valence-electron chi connectivity index (χ1n) is 6.82. The van der Waals surface area contributed by atoms with Gasteiger partial charge in [-0.2, -0.15) is 11.8 Å². The first kappa shape index (κ1) is 15.8. The van der Waals surface area contributed by atoms with Gasteiger partial charge in [0, 0.05) is 32.7 Å². The fraction of sp³-hybridized carbons (Fsp3) is 0.923. The number of piperazine rings is 1. The second-order valence-corrected chi connectivity index (χ2v) is 6.29. The maximum atomic E-state index is 11.9. The molecule has 1 N–H and O–H groups in total. The van der Waals surface area contributed by atoms with E-state index in [-0.39, 0.29) is 12.5 Å². The second kappa shape index (κ2) is 8.77. The highest BCUT2D eigenvalue weighted by atomic mass is 32.2. The minimum Gasteiger partial charge on any atom is -0.395 e. The first-order chi connectivity index (χ1) is 8.63. The van der Waals surface area contributed by atoms with E-state index in [1.54, 1.807) is 11.8 Å². The first-order valence-corrected chi connectivity index (χ1v) is 7.97. The summed E-state index contributed by atoms with van der Waals surface area (Å²) < 4.78 is 0. The Kier molecular flexibility index (Phi) is 7.70. The molecular formula is C13H26N2O2S. The van der Waals surface area contributed by atoms with Gasteiger partial charge in [0.1, 0.15) is 0 Å². The van der Waals surface area contributed by atoms with Crippen LogP contribution in [0.25, 0.3) is 0 Å².